The maximum atomic E-state index is 12.7. The number of nitrogens with one attached hydrogen (secondary N) is 1. The molecule has 3 aliphatic rings. The van der Waals surface area contributed by atoms with Crippen LogP contribution in [0.5, 0.6) is 0 Å². The largest absolute Gasteiger partial charge is 0.433 e. The zero-order valence-electron chi connectivity index (χ0n) is 18.4. The van der Waals surface area contributed by atoms with Gasteiger partial charge < -0.3 is 5.43 Å². The van der Waals surface area contributed by atoms with Crippen molar-refractivity contribution in [2.24, 2.45) is 9.98 Å². The van der Waals surface area contributed by atoms with Gasteiger partial charge in [0, 0.05) is 43.4 Å². The lowest BCUT2D eigenvalue weighted by molar-refractivity contribution is -0.141. The molecule has 12 heteroatoms. The third kappa shape index (κ3) is 4.00. The molecule has 1 amide bonds. The standard InChI is InChI=1S/C22H21F3N8O/c1-13-16-7-18(34)33-6-5-26-19(20(16)33)21(30-31(13)2)28-9-15-10-29-32(12-15)11-14-3-4-17(27-8-14)22(23,24)25/h3-6,8,10,12-13H,7,9,11H2,1-2H3,(H,28,30). The minimum Gasteiger partial charge on any atom is -0.301 e. The van der Waals surface area contributed by atoms with Gasteiger partial charge in [0.05, 0.1) is 31.4 Å². The third-order valence-electron chi connectivity index (χ3n) is 5.96. The predicted molar refractivity (Wildman–Crippen MR) is 117 cm³/mol. The van der Waals surface area contributed by atoms with Crippen LogP contribution in [-0.2, 0) is 24.1 Å². The number of hydrogen-bond acceptors (Lipinski definition) is 6. The topological polar surface area (TPSA) is 91.0 Å². The van der Waals surface area contributed by atoms with Gasteiger partial charge in [-0.25, -0.2) is 10.0 Å². The first-order chi connectivity index (χ1) is 16.2. The molecule has 0 aliphatic carbocycles. The summed E-state index contributed by atoms with van der Waals surface area (Å²) in [5, 5.41) is 6.18. The van der Waals surface area contributed by atoms with Crippen molar-refractivity contribution < 1.29 is 18.0 Å². The van der Waals surface area contributed by atoms with E-state index in [9.17, 15) is 18.0 Å². The van der Waals surface area contributed by atoms with Crippen LogP contribution in [-0.4, -0.2) is 55.2 Å². The van der Waals surface area contributed by atoms with Crippen LogP contribution in [0.2, 0.25) is 0 Å². The van der Waals surface area contributed by atoms with Gasteiger partial charge in [-0.3, -0.25) is 24.4 Å². The number of aromatic nitrogens is 3. The van der Waals surface area contributed by atoms with Gasteiger partial charge in [0.2, 0.25) is 5.91 Å². The van der Waals surface area contributed by atoms with Crippen LogP contribution in [0, 0.1) is 0 Å². The van der Waals surface area contributed by atoms with E-state index in [1.54, 1.807) is 34.4 Å². The first-order valence-electron chi connectivity index (χ1n) is 10.6. The number of alkyl halides is 3. The van der Waals surface area contributed by atoms with E-state index < -0.39 is 11.9 Å². The molecule has 34 heavy (non-hydrogen) atoms. The summed E-state index contributed by atoms with van der Waals surface area (Å²) in [6.45, 7) is 2.60. The summed E-state index contributed by atoms with van der Waals surface area (Å²) in [6.07, 6.45) is 3.77. The molecule has 0 aromatic carbocycles. The van der Waals surface area contributed by atoms with E-state index in [0.29, 0.717) is 30.1 Å². The van der Waals surface area contributed by atoms with E-state index in [2.05, 4.69) is 20.5 Å². The number of rotatable bonds is 4. The highest BCUT2D eigenvalue weighted by Gasteiger charge is 2.40. The van der Waals surface area contributed by atoms with Crippen LogP contribution in [0.4, 0.5) is 13.2 Å². The van der Waals surface area contributed by atoms with Gasteiger partial charge in [-0.05, 0) is 24.1 Å². The minimum atomic E-state index is -4.47. The van der Waals surface area contributed by atoms with Crippen molar-refractivity contribution >= 4 is 17.5 Å². The number of aliphatic imine (C=N–C) groups is 2. The molecule has 2 aromatic rings. The molecule has 1 N–H and O–H groups in total. The van der Waals surface area contributed by atoms with Crippen molar-refractivity contribution in [3.8, 4) is 0 Å². The monoisotopic (exact) mass is 470 g/mol. The number of pyridine rings is 1. The molecule has 1 atom stereocenters. The summed E-state index contributed by atoms with van der Waals surface area (Å²) in [5.74, 6) is 0.553. The Hall–Kier alpha value is -3.80. The first kappa shape index (κ1) is 22.0. The van der Waals surface area contributed by atoms with Crippen LogP contribution in [0.3, 0.4) is 0 Å². The Morgan fingerprint density at radius 3 is 2.79 bits per heavy atom. The normalized spacial score (nSPS) is 21.6. The molecule has 1 unspecified atom stereocenters. The Bertz CT molecular complexity index is 1260. The molecule has 0 fully saturated rings. The Balaban J connectivity index is 1.33. The summed E-state index contributed by atoms with van der Waals surface area (Å²) in [6, 6.07) is 2.33. The number of amides is 1. The van der Waals surface area contributed by atoms with Crippen molar-refractivity contribution in [1.82, 2.24) is 30.1 Å². The smallest absolute Gasteiger partial charge is 0.301 e. The number of amidine groups is 1. The SMILES string of the molecule is CC1C2=C3C(=NC=CN3C(=O)C2)C(=NCc2cnn(Cc3ccc(C(F)(F)F)nc3)c2)NN1C. The fraction of sp³-hybridized carbons (Fsp3) is 0.318. The molecular weight excluding hydrogens is 449 g/mol. The second-order valence-corrected chi connectivity index (χ2v) is 8.25. The number of halogens is 3. The average molecular weight is 470 g/mol. The quantitative estimate of drug-likeness (QED) is 0.742. The molecule has 0 spiro atoms. The van der Waals surface area contributed by atoms with Gasteiger partial charge >= 0.3 is 6.18 Å². The molecule has 5 heterocycles. The number of carbonyl (C=O) groups is 1. The Labute approximate surface area is 193 Å². The summed E-state index contributed by atoms with van der Waals surface area (Å²) < 4.78 is 39.7. The molecule has 176 valence electrons. The summed E-state index contributed by atoms with van der Waals surface area (Å²) in [5.41, 5.74) is 6.15. The lowest BCUT2D eigenvalue weighted by Gasteiger charge is -2.25. The van der Waals surface area contributed by atoms with Crippen molar-refractivity contribution in [2.45, 2.75) is 38.7 Å². The van der Waals surface area contributed by atoms with Crippen LogP contribution in [0.15, 0.2) is 64.4 Å². The Kier molecular flexibility index (Phi) is 5.31. The van der Waals surface area contributed by atoms with Gasteiger partial charge in [0.1, 0.15) is 11.4 Å². The van der Waals surface area contributed by atoms with E-state index in [1.165, 1.54) is 12.3 Å². The number of nitrogens with zero attached hydrogens (tertiary/aromatic N) is 7. The number of carbonyl (C=O) groups excluding carboxylic acids is 1. The lowest BCUT2D eigenvalue weighted by Crippen LogP contribution is -2.46. The Morgan fingerprint density at radius 2 is 2.06 bits per heavy atom. The van der Waals surface area contributed by atoms with Crippen LogP contribution in [0.25, 0.3) is 0 Å². The number of hydrazine groups is 1. The van der Waals surface area contributed by atoms with E-state index in [-0.39, 0.29) is 18.5 Å². The highest BCUT2D eigenvalue weighted by molar-refractivity contribution is 6.48. The lowest BCUT2D eigenvalue weighted by atomic mass is 10.0. The van der Waals surface area contributed by atoms with Gasteiger partial charge in [0.25, 0.3) is 0 Å². The van der Waals surface area contributed by atoms with Crippen molar-refractivity contribution in [3.05, 3.63) is 71.2 Å². The summed E-state index contributed by atoms with van der Waals surface area (Å²) >= 11 is 0. The number of likely N-dealkylation sites (N-methyl/N-ethyl adjacent to an activating group) is 1. The molecule has 5 rings (SSSR count). The maximum Gasteiger partial charge on any atom is 0.433 e. The van der Waals surface area contributed by atoms with Crippen LogP contribution in [0.1, 0.15) is 30.2 Å². The first-order valence-corrected chi connectivity index (χ1v) is 10.6. The van der Waals surface area contributed by atoms with E-state index in [4.69, 9.17) is 4.99 Å². The van der Waals surface area contributed by atoms with E-state index in [1.807, 2.05) is 19.0 Å². The highest BCUT2D eigenvalue weighted by atomic mass is 19.4. The molecule has 9 nitrogen and oxygen atoms in total. The molecular formula is C22H21F3N8O. The average Bonchev–Trinajstić information content (AvgIpc) is 3.37. The van der Waals surface area contributed by atoms with Gasteiger partial charge in [-0.15, -0.1) is 0 Å². The molecule has 2 aromatic heterocycles. The second kappa shape index (κ2) is 8.20. The molecule has 0 radical (unpaired) electrons. The molecule has 0 saturated carbocycles. The van der Waals surface area contributed by atoms with E-state index >= 15 is 0 Å². The second-order valence-electron chi connectivity index (χ2n) is 8.25. The predicted octanol–water partition coefficient (Wildman–Crippen LogP) is 2.49. The van der Waals surface area contributed by atoms with Crippen molar-refractivity contribution in [3.63, 3.8) is 0 Å². The molecule has 0 bridgehead atoms. The summed E-state index contributed by atoms with van der Waals surface area (Å²) in [7, 11) is 1.89. The fourth-order valence-corrected chi connectivity index (χ4v) is 4.07. The minimum absolute atomic E-state index is 0.00850. The molecule has 0 saturated heterocycles. The van der Waals surface area contributed by atoms with Crippen molar-refractivity contribution in [2.75, 3.05) is 7.05 Å². The van der Waals surface area contributed by atoms with Crippen molar-refractivity contribution in [1.29, 1.82) is 0 Å². The summed E-state index contributed by atoms with van der Waals surface area (Å²) in [4.78, 5) is 26.7. The Morgan fingerprint density at radius 1 is 1.24 bits per heavy atom. The zero-order valence-corrected chi connectivity index (χ0v) is 18.4. The fourth-order valence-electron chi connectivity index (χ4n) is 4.07. The highest BCUT2D eigenvalue weighted by Crippen LogP contribution is 2.33. The van der Waals surface area contributed by atoms with Gasteiger partial charge in [-0.2, -0.15) is 18.3 Å². The van der Waals surface area contributed by atoms with E-state index in [0.717, 1.165) is 22.9 Å². The van der Waals surface area contributed by atoms with Gasteiger partial charge in [0.15, 0.2) is 5.84 Å². The number of hydrogen-bond donors (Lipinski definition) is 1. The van der Waals surface area contributed by atoms with Crippen LogP contribution < -0.4 is 5.43 Å². The van der Waals surface area contributed by atoms with Crippen LogP contribution >= 0.6 is 0 Å². The third-order valence-corrected chi connectivity index (χ3v) is 5.96. The zero-order chi connectivity index (χ0) is 24.0. The molecule has 3 aliphatic heterocycles. The van der Waals surface area contributed by atoms with Gasteiger partial charge in [-0.1, -0.05) is 6.07 Å². The maximum absolute atomic E-state index is 12.7.